The van der Waals surface area contributed by atoms with Gasteiger partial charge in [0, 0.05) is 26.2 Å². The lowest BCUT2D eigenvalue weighted by atomic mass is 10.1. The summed E-state index contributed by atoms with van der Waals surface area (Å²) in [6.45, 7) is 1.53. The third-order valence-electron chi connectivity index (χ3n) is 5.01. The predicted octanol–water partition coefficient (Wildman–Crippen LogP) is 5.02. The maximum absolute atomic E-state index is 12.7. The van der Waals surface area contributed by atoms with Gasteiger partial charge in [-0.1, -0.05) is 42.5 Å². The fourth-order valence-electron chi connectivity index (χ4n) is 3.25. The number of hydrogen-bond acceptors (Lipinski definition) is 5. The summed E-state index contributed by atoms with van der Waals surface area (Å²) in [5.74, 6) is 3.50. The van der Waals surface area contributed by atoms with Gasteiger partial charge < -0.3 is 18.9 Å². The molecule has 6 nitrogen and oxygen atoms in total. The van der Waals surface area contributed by atoms with Crippen LogP contribution in [0.25, 0.3) is 0 Å². The molecule has 0 aliphatic rings. The molecule has 0 N–H and O–H groups in total. The van der Waals surface area contributed by atoms with Crippen LogP contribution in [0.15, 0.2) is 54.6 Å². The molecule has 0 spiro atoms. The summed E-state index contributed by atoms with van der Waals surface area (Å²) in [6.07, 6.45) is 8.08. The highest BCUT2D eigenvalue weighted by Gasteiger charge is 2.24. The number of benzene rings is 2. The highest BCUT2D eigenvalue weighted by atomic mass is 16.6. The molecular weight excluding hydrogens is 406 g/mol. The standard InChI is InChI=1S/C26H33NO5/c1-4-10-24(13-8-9-18-31-19-23-14-16-25(30-3)17-15-23)27(21-29-2)26(28)32-20-22-11-6-5-7-12-22/h1,5-7,11-12,14-17,24H,8-10,13,18-21H2,2-3H3. The molecule has 0 aromatic heterocycles. The molecular formula is C26H33NO5. The van der Waals surface area contributed by atoms with E-state index in [9.17, 15) is 4.79 Å². The van der Waals surface area contributed by atoms with E-state index >= 15 is 0 Å². The molecule has 0 aliphatic carbocycles. The minimum Gasteiger partial charge on any atom is -0.497 e. The van der Waals surface area contributed by atoms with Crippen LogP contribution in [0.1, 0.15) is 36.8 Å². The molecule has 0 bridgehead atoms. The average Bonchev–Trinajstić information content (AvgIpc) is 2.83. The molecule has 0 aliphatic heterocycles. The Hall–Kier alpha value is -3.01. The van der Waals surface area contributed by atoms with E-state index < -0.39 is 6.09 Å². The van der Waals surface area contributed by atoms with E-state index in [1.165, 1.54) is 0 Å². The van der Waals surface area contributed by atoms with E-state index in [0.717, 1.165) is 36.1 Å². The van der Waals surface area contributed by atoms with Crippen LogP contribution in [0.2, 0.25) is 0 Å². The minimum absolute atomic E-state index is 0.133. The molecule has 0 saturated heterocycles. The van der Waals surface area contributed by atoms with Gasteiger partial charge in [0.2, 0.25) is 0 Å². The zero-order chi connectivity index (χ0) is 23.0. The average molecular weight is 440 g/mol. The Bertz CT molecular complexity index is 816. The lowest BCUT2D eigenvalue weighted by Crippen LogP contribution is -2.41. The van der Waals surface area contributed by atoms with Crippen molar-refractivity contribution in [1.29, 1.82) is 0 Å². The van der Waals surface area contributed by atoms with Crippen molar-refractivity contribution in [3.8, 4) is 18.1 Å². The van der Waals surface area contributed by atoms with Gasteiger partial charge >= 0.3 is 6.09 Å². The second kappa shape index (κ2) is 14.9. The van der Waals surface area contributed by atoms with Crippen molar-refractivity contribution in [3.63, 3.8) is 0 Å². The summed E-state index contributed by atoms with van der Waals surface area (Å²) in [4.78, 5) is 14.3. The van der Waals surface area contributed by atoms with E-state index in [1.54, 1.807) is 19.1 Å². The van der Waals surface area contributed by atoms with Gasteiger partial charge in [-0.05, 0) is 42.5 Å². The van der Waals surface area contributed by atoms with Gasteiger partial charge in [-0.2, -0.15) is 0 Å². The zero-order valence-corrected chi connectivity index (χ0v) is 19.0. The SMILES string of the molecule is C#CCC(CCCCOCc1ccc(OC)cc1)N(COC)C(=O)OCc1ccccc1. The van der Waals surface area contributed by atoms with Gasteiger partial charge in [0.05, 0.1) is 13.7 Å². The van der Waals surface area contributed by atoms with Crippen molar-refractivity contribution in [2.45, 2.75) is 44.9 Å². The maximum Gasteiger partial charge on any atom is 0.412 e. The molecule has 0 radical (unpaired) electrons. The molecule has 0 saturated carbocycles. The number of nitrogens with zero attached hydrogens (tertiary/aromatic N) is 1. The van der Waals surface area contributed by atoms with Gasteiger partial charge in [-0.25, -0.2) is 4.79 Å². The van der Waals surface area contributed by atoms with Crippen LogP contribution in [0, 0.1) is 12.3 Å². The number of terminal acetylenes is 1. The third kappa shape index (κ3) is 9.01. The Kier molecular flexibility index (Phi) is 11.8. The molecule has 2 rings (SSSR count). The predicted molar refractivity (Wildman–Crippen MR) is 124 cm³/mol. The van der Waals surface area contributed by atoms with Crippen molar-refractivity contribution >= 4 is 6.09 Å². The summed E-state index contributed by atoms with van der Waals surface area (Å²) in [5, 5.41) is 0. The van der Waals surface area contributed by atoms with Crippen LogP contribution in [-0.4, -0.2) is 44.6 Å². The van der Waals surface area contributed by atoms with Gasteiger partial charge in [-0.15, -0.1) is 12.3 Å². The van der Waals surface area contributed by atoms with Crippen LogP contribution in [0.3, 0.4) is 0 Å². The number of rotatable bonds is 14. The number of unbranched alkanes of at least 4 members (excludes halogenated alkanes) is 1. The smallest absolute Gasteiger partial charge is 0.412 e. The number of carbonyl (C=O) groups excluding carboxylic acids is 1. The fraction of sp³-hybridized carbons (Fsp3) is 0.423. The summed E-state index contributed by atoms with van der Waals surface area (Å²) in [6, 6.07) is 17.3. The number of ether oxygens (including phenoxy) is 4. The molecule has 2 aromatic carbocycles. The quantitative estimate of drug-likeness (QED) is 0.235. The number of hydrogen-bond donors (Lipinski definition) is 0. The maximum atomic E-state index is 12.7. The van der Waals surface area contributed by atoms with Gasteiger partial charge in [0.15, 0.2) is 0 Å². The van der Waals surface area contributed by atoms with Gasteiger partial charge in [0.1, 0.15) is 19.1 Å². The van der Waals surface area contributed by atoms with Crippen LogP contribution >= 0.6 is 0 Å². The van der Waals surface area contributed by atoms with Crippen LogP contribution < -0.4 is 4.74 Å². The van der Waals surface area contributed by atoms with Crippen LogP contribution in [-0.2, 0) is 27.4 Å². The summed E-state index contributed by atoms with van der Waals surface area (Å²) >= 11 is 0. The molecule has 2 aromatic rings. The van der Waals surface area contributed by atoms with E-state index in [4.69, 9.17) is 25.4 Å². The molecule has 172 valence electrons. The van der Waals surface area contributed by atoms with Crippen molar-refractivity contribution in [2.24, 2.45) is 0 Å². The Labute approximate surface area is 191 Å². The Morgan fingerprint density at radius 2 is 1.72 bits per heavy atom. The number of methoxy groups -OCH3 is 2. The van der Waals surface area contributed by atoms with Crippen LogP contribution in [0.5, 0.6) is 5.75 Å². The third-order valence-corrected chi connectivity index (χ3v) is 5.01. The van der Waals surface area contributed by atoms with E-state index in [-0.39, 0.29) is 19.4 Å². The van der Waals surface area contributed by atoms with Crippen molar-refractivity contribution < 1.29 is 23.7 Å². The first-order valence-corrected chi connectivity index (χ1v) is 10.8. The normalized spacial score (nSPS) is 11.4. The zero-order valence-electron chi connectivity index (χ0n) is 19.0. The molecule has 1 amide bonds. The first kappa shape index (κ1) is 25.3. The molecule has 0 heterocycles. The van der Waals surface area contributed by atoms with Crippen molar-refractivity contribution in [3.05, 3.63) is 65.7 Å². The van der Waals surface area contributed by atoms with Crippen molar-refractivity contribution in [1.82, 2.24) is 4.90 Å². The first-order chi connectivity index (χ1) is 15.7. The summed E-state index contributed by atoms with van der Waals surface area (Å²) < 4.78 is 21.6. The molecule has 32 heavy (non-hydrogen) atoms. The Morgan fingerprint density at radius 1 is 1.00 bits per heavy atom. The van der Waals surface area contributed by atoms with Crippen molar-refractivity contribution in [2.75, 3.05) is 27.6 Å². The lowest BCUT2D eigenvalue weighted by molar-refractivity contribution is 0.0155. The summed E-state index contributed by atoms with van der Waals surface area (Å²) in [5.41, 5.74) is 2.03. The molecule has 1 unspecified atom stereocenters. The number of amides is 1. The van der Waals surface area contributed by atoms with E-state index in [0.29, 0.717) is 19.6 Å². The highest BCUT2D eigenvalue weighted by Crippen LogP contribution is 2.16. The topological polar surface area (TPSA) is 57.2 Å². The molecule has 6 heteroatoms. The highest BCUT2D eigenvalue weighted by molar-refractivity contribution is 5.68. The second-order valence-electron chi connectivity index (χ2n) is 7.39. The monoisotopic (exact) mass is 439 g/mol. The minimum atomic E-state index is -0.424. The van der Waals surface area contributed by atoms with E-state index in [2.05, 4.69) is 5.92 Å². The Balaban J connectivity index is 1.76. The fourth-order valence-corrected chi connectivity index (χ4v) is 3.25. The summed E-state index contributed by atoms with van der Waals surface area (Å²) in [7, 11) is 3.20. The molecule has 1 atom stereocenters. The first-order valence-electron chi connectivity index (χ1n) is 10.8. The van der Waals surface area contributed by atoms with Gasteiger partial charge in [0.25, 0.3) is 0 Å². The number of carbonyl (C=O) groups is 1. The second-order valence-corrected chi connectivity index (χ2v) is 7.39. The van der Waals surface area contributed by atoms with E-state index in [1.807, 2.05) is 54.6 Å². The largest absolute Gasteiger partial charge is 0.497 e. The van der Waals surface area contributed by atoms with Gasteiger partial charge in [-0.3, -0.25) is 4.90 Å². The van der Waals surface area contributed by atoms with Crippen LogP contribution in [0.4, 0.5) is 4.79 Å². The lowest BCUT2D eigenvalue weighted by Gasteiger charge is -2.29. The Morgan fingerprint density at radius 3 is 2.38 bits per heavy atom. The molecule has 0 fully saturated rings.